The van der Waals surface area contributed by atoms with Crippen molar-refractivity contribution in [3.63, 3.8) is 0 Å². The summed E-state index contributed by atoms with van der Waals surface area (Å²) in [7, 11) is 0. The van der Waals surface area contributed by atoms with E-state index in [0.29, 0.717) is 5.56 Å². The van der Waals surface area contributed by atoms with Gasteiger partial charge in [-0.2, -0.15) is 0 Å². The third-order valence-corrected chi connectivity index (χ3v) is 4.38. The smallest absolute Gasteiger partial charge is 0.261 e. The van der Waals surface area contributed by atoms with Crippen molar-refractivity contribution in [2.24, 2.45) is 5.16 Å². The minimum Gasteiger partial charge on any atom is -0.411 e. The molecule has 0 bridgehead atoms. The molecule has 1 aromatic rings. The number of imide groups is 1. The predicted molar refractivity (Wildman–Crippen MR) is 72.9 cm³/mol. The fraction of sp³-hybridized carbons (Fsp3) is 0.400. The van der Waals surface area contributed by atoms with E-state index in [9.17, 15) is 9.59 Å². The average molecular weight is 272 g/mol. The van der Waals surface area contributed by atoms with E-state index in [2.05, 4.69) is 5.16 Å². The number of hydrogen-bond acceptors (Lipinski definition) is 4. The van der Waals surface area contributed by atoms with Crippen molar-refractivity contribution in [3.05, 3.63) is 35.4 Å². The Kier molecular flexibility index (Phi) is 3.04. The number of fused-ring (bicyclic) bond motifs is 2. The molecule has 5 nitrogen and oxygen atoms in total. The maximum absolute atomic E-state index is 12.8. The molecule has 1 N–H and O–H groups in total. The standard InChI is InChI=1S/C15H16N2O3/c18-13-11-5-1-2-6-12(11)15(7-3-4-8-15)14(19)17(13)10-9-16-20/h1-2,5-6,9,20H,3-4,7-8,10H2. The number of carbonyl (C=O) groups is 2. The van der Waals surface area contributed by atoms with Crippen LogP contribution in [0.5, 0.6) is 0 Å². The zero-order valence-electron chi connectivity index (χ0n) is 11.1. The van der Waals surface area contributed by atoms with Crippen LogP contribution in [-0.2, 0) is 10.2 Å². The van der Waals surface area contributed by atoms with Gasteiger partial charge in [0, 0.05) is 5.56 Å². The zero-order chi connectivity index (χ0) is 14.2. The van der Waals surface area contributed by atoms with Crippen LogP contribution in [0.15, 0.2) is 29.4 Å². The first-order valence-corrected chi connectivity index (χ1v) is 6.82. The molecule has 1 heterocycles. The molecule has 104 valence electrons. The third kappa shape index (κ3) is 1.66. The van der Waals surface area contributed by atoms with E-state index in [0.717, 1.165) is 31.2 Å². The first kappa shape index (κ1) is 12.8. The van der Waals surface area contributed by atoms with Crippen LogP contribution in [0.3, 0.4) is 0 Å². The molecule has 1 aliphatic carbocycles. The molecule has 2 aliphatic rings. The van der Waals surface area contributed by atoms with Gasteiger partial charge in [0.1, 0.15) is 0 Å². The highest BCUT2D eigenvalue weighted by molar-refractivity contribution is 6.14. The van der Waals surface area contributed by atoms with Gasteiger partial charge >= 0.3 is 0 Å². The average Bonchev–Trinajstić information content (AvgIpc) is 2.96. The molecule has 1 aromatic carbocycles. The van der Waals surface area contributed by atoms with Crippen molar-refractivity contribution in [2.45, 2.75) is 31.1 Å². The lowest BCUT2D eigenvalue weighted by atomic mass is 9.73. The van der Waals surface area contributed by atoms with Gasteiger partial charge in [-0.05, 0) is 24.5 Å². The summed E-state index contributed by atoms with van der Waals surface area (Å²) in [6, 6.07) is 7.36. The summed E-state index contributed by atoms with van der Waals surface area (Å²) in [5, 5.41) is 11.4. The molecule has 20 heavy (non-hydrogen) atoms. The SMILES string of the molecule is O=C1c2ccccc2C2(CCCC2)C(=O)N1CC=NO. The molecule has 5 heteroatoms. The summed E-state index contributed by atoms with van der Waals surface area (Å²) in [5.41, 5.74) is 0.901. The van der Waals surface area contributed by atoms with E-state index < -0.39 is 5.41 Å². The number of hydrogen-bond donors (Lipinski definition) is 1. The second kappa shape index (κ2) is 4.74. The monoisotopic (exact) mass is 272 g/mol. The van der Waals surface area contributed by atoms with Crippen LogP contribution in [0.25, 0.3) is 0 Å². The topological polar surface area (TPSA) is 70.0 Å². The normalized spacial score (nSPS) is 20.9. The fourth-order valence-electron chi connectivity index (χ4n) is 3.44. The summed E-state index contributed by atoms with van der Waals surface area (Å²) >= 11 is 0. The predicted octanol–water partition coefficient (Wildman–Crippen LogP) is 1.94. The van der Waals surface area contributed by atoms with Gasteiger partial charge in [0.15, 0.2) is 0 Å². The Hall–Kier alpha value is -2.17. The highest BCUT2D eigenvalue weighted by Gasteiger charge is 2.51. The lowest BCUT2D eigenvalue weighted by Gasteiger charge is -2.39. The van der Waals surface area contributed by atoms with Crippen molar-refractivity contribution < 1.29 is 14.8 Å². The Morgan fingerprint density at radius 2 is 1.95 bits per heavy atom. The molecule has 2 amide bonds. The van der Waals surface area contributed by atoms with Gasteiger partial charge in [-0.25, -0.2) is 0 Å². The molecule has 0 unspecified atom stereocenters. The van der Waals surface area contributed by atoms with Gasteiger partial charge in [0.25, 0.3) is 5.91 Å². The number of benzene rings is 1. The van der Waals surface area contributed by atoms with E-state index in [4.69, 9.17) is 5.21 Å². The maximum atomic E-state index is 12.8. The highest BCUT2D eigenvalue weighted by Crippen LogP contribution is 2.46. The Morgan fingerprint density at radius 3 is 2.65 bits per heavy atom. The number of carbonyl (C=O) groups excluding carboxylic acids is 2. The lowest BCUT2D eigenvalue weighted by molar-refractivity contribution is -0.134. The Labute approximate surface area is 116 Å². The number of amides is 2. The van der Waals surface area contributed by atoms with E-state index in [1.165, 1.54) is 11.1 Å². The second-order valence-electron chi connectivity index (χ2n) is 5.35. The quantitative estimate of drug-likeness (QED) is 0.387. The second-order valence-corrected chi connectivity index (χ2v) is 5.35. The van der Waals surface area contributed by atoms with Crippen LogP contribution in [-0.4, -0.2) is 34.7 Å². The Balaban J connectivity index is 2.13. The Bertz CT molecular complexity index is 589. The first-order chi connectivity index (χ1) is 9.70. The number of nitrogens with zero attached hydrogens (tertiary/aromatic N) is 2. The van der Waals surface area contributed by atoms with Gasteiger partial charge in [0.05, 0.1) is 18.2 Å². The molecule has 0 saturated heterocycles. The molecule has 1 spiro atoms. The largest absolute Gasteiger partial charge is 0.411 e. The minimum absolute atomic E-state index is 0.0181. The molecule has 1 fully saturated rings. The van der Waals surface area contributed by atoms with Gasteiger partial charge in [-0.3, -0.25) is 14.5 Å². The van der Waals surface area contributed by atoms with Gasteiger partial charge < -0.3 is 5.21 Å². The summed E-state index contributed by atoms with van der Waals surface area (Å²) < 4.78 is 0. The van der Waals surface area contributed by atoms with Crippen molar-refractivity contribution in [2.75, 3.05) is 6.54 Å². The van der Waals surface area contributed by atoms with Crippen LogP contribution in [0.2, 0.25) is 0 Å². The van der Waals surface area contributed by atoms with Crippen LogP contribution in [0.4, 0.5) is 0 Å². The van der Waals surface area contributed by atoms with Gasteiger partial charge in [-0.1, -0.05) is 31.0 Å². The lowest BCUT2D eigenvalue weighted by Crippen LogP contribution is -2.53. The molecular formula is C15H16N2O3. The molecular weight excluding hydrogens is 256 g/mol. The summed E-state index contributed by atoms with van der Waals surface area (Å²) in [6.45, 7) is 0.0181. The molecule has 0 atom stereocenters. The van der Waals surface area contributed by atoms with Crippen molar-refractivity contribution in [1.29, 1.82) is 0 Å². The van der Waals surface area contributed by atoms with Crippen LogP contribution >= 0.6 is 0 Å². The zero-order valence-corrected chi connectivity index (χ0v) is 11.1. The number of rotatable bonds is 2. The van der Waals surface area contributed by atoms with E-state index in [1.807, 2.05) is 18.2 Å². The van der Waals surface area contributed by atoms with Crippen LogP contribution < -0.4 is 0 Å². The van der Waals surface area contributed by atoms with Crippen molar-refractivity contribution >= 4 is 18.0 Å². The van der Waals surface area contributed by atoms with E-state index >= 15 is 0 Å². The molecule has 3 rings (SSSR count). The first-order valence-electron chi connectivity index (χ1n) is 6.82. The van der Waals surface area contributed by atoms with Gasteiger partial charge in [-0.15, -0.1) is 5.16 Å². The van der Waals surface area contributed by atoms with Crippen LogP contribution in [0.1, 0.15) is 41.6 Å². The minimum atomic E-state index is -0.562. The summed E-state index contributed by atoms with van der Waals surface area (Å²) in [4.78, 5) is 26.4. The van der Waals surface area contributed by atoms with Crippen molar-refractivity contribution in [3.8, 4) is 0 Å². The fourth-order valence-corrected chi connectivity index (χ4v) is 3.44. The van der Waals surface area contributed by atoms with E-state index in [1.54, 1.807) is 6.07 Å². The third-order valence-electron chi connectivity index (χ3n) is 4.38. The molecule has 0 aromatic heterocycles. The number of oxime groups is 1. The molecule has 0 radical (unpaired) electrons. The van der Waals surface area contributed by atoms with Gasteiger partial charge in [0.2, 0.25) is 5.91 Å². The van der Waals surface area contributed by atoms with Crippen molar-refractivity contribution in [1.82, 2.24) is 4.90 Å². The molecule has 1 saturated carbocycles. The highest BCUT2D eigenvalue weighted by atomic mass is 16.4. The summed E-state index contributed by atoms with van der Waals surface area (Å²) in [6.07, 6.45) is 4.73. The van der Waals surface area contributed by atoms with E-state index in [-0.39, 0.29) is 18.4 Å². The Morgan fingerprint density at radius 1 is 1.25 bits per heavy atom. The molecule has 1 aliphatic heterocycles. The maximum Gasteiger partial charge on any atom is 0.261 e. The summed E-state index contributed by atoms with van der Waals surface area (Å²) in [5.74, 6) is -0.457. The van der Waals surface area contributed by atoms with Crippen LogP contribution in [0, 0.1) is 0 Å².